The molecule has 1 unspecified atom stereocenters. The molecule has 2 aromatic heterocycles. The highest BCUT2D eigenvalue weighted by Gasteiger charge is 2.16. The monoisotopic (exact) mass is 205 g/mol. The van der Waals surface area contributed by atoms with Crippen molar-refractivity contribution in [1.82, 2.24) is 19.7 Å². The lowest BCUT2D eigenvalue weighted by Gasteiger charge is -2.16. The van der Waals surface area contributed by atoms with E-state index in [0.29, 0.717) is 5.92 Å². The number of rotatable bonds is 3. The fraction of sp³-hybridized carbons (Fsp3) is 0.400. The van der Waals surface area contributed by atoms with E-state index in [9.17, 15) is 0 Å². The summed E-state index contributed by atoms with van der Waals surface area (Å²) in [6.45, 7) is 4.19. The minimum Gasteiger partial charge on any atom is -0.322 e. The number of aromatic amines is 1. The average Bonchev–Trinajstić information content (AvgIpc) is 2.86. The van der Waals surface area contributed by atoms with Gasteiger partial charge in [-0.15, -0.1) is 0 Å². The summed E-state index contributed by atoms with van der Waals surface area (Å²) >= 11 is 0. The van der Waals surface area contributed by atoms with Crippen molar-refractivity contribution >= 4 is 0 Å². The molecule has 0 amide bonds. The van der Waals surface area contributed by atoms with Gasteiger partial charge in [0.05, 0.1) is 30.1 Å². The molecule has 5 nitrogen and oxygen atoms in total. The van der Waals surface area contributed by atoms with E-state index in [1.165, 1.54) is 0 Å². The number of hydrogen-bond donors (Lipinski definition) is 2. The molecule has 1 atom stereocenters. The zero-order valence-corrected chi connectivity index (χ0v) is 8.88. The van der Waals surface area contributed by atoms with Crippen LogP contribution in [0.25, 0.3) is 5.69 Å². The molecule has 3 N–H and O–H groups in total. The van der Waals surface area contributed by atoms with Gasteiger partial charge in [0.1, 0.15) is 0 Å². The highest BCUT2D eigenvalue weighted by Crippen LogP contribution is 2.20. The van der Waals surface area contributed by atoms with Gasteiger partial charge in [-0.2, -0.15) is 5.10 Å². The van der Waals surface area contributed by atoms with Gasteiger partial charge in [-0.25, -0.2) is 4.98 Å². The van der Waals surface area contributed by atoms with Gasteiger partial charge in [-0.3, -0.25) is 9.67 Å². The Bertz CT molecular complexity index is 415. The van der Waals surface area contributed by atoms with E-state index >= 15 is 0 Å². The molecule has 0 fully saturated rings. The van der Waals surface area contributed by atoms with Gasteiger partial charge in [-0.05, 0) is 5.92 Å². The van der Waals surface area contributed by atoms with Crippen LogP contribution in [0, 0.1) is 5.92 Å². The fourth-order valence-corrected chi connectivity index (χ4v) is 1.48. The minimum atomic E-state index is -0.0117. The normalized spacial score (nSPS) is 13.3. The third-order valence-electron chi connectivity index (χ3n) is 2.49. The molecular weight excluding hydrogens is 190 g/mol. The van der Waals surface area contributed by atoms with Crippen LogP contribution in [0.1, 0.15) is 25.6 Å². The van der Waals surface area contributed by atoms with Crippen LogP contribution in [0.4, 0.5) is 0 Å². The molecule has 0 bridgehead atoms. The van der Waals surface area contributed by atoms with Crippen molar-refractivity contribution in [1.29, 1.82) is 0 Å². The predicted molar refractivity (Wildman–Crippen MR) is 57.5 cm³/mol. The molecule has 0 aliphatic heterocycles. The molecule has 5 heteroatoms. The molecule has 0 spiro atoms. The van der Waals surface area contributed by atoms with Gasteiger partial charge >= 0.3 is 0 Å². The van der Waals surface area contributed by atoms with Crippen LogP contribution in [0.15, 0.2) is 24.9 Å². The second-order valence-corrected chi connectivity index (χ2v) is 3.91. The van der Waals surface area contributed by atoms with E-state index in [2.05, 4.69) is 29.0 Å². The zero-order valence-electron chi connectivity index (χ0n) is 8.88. The van der Waals surface area contributed by atoms with E-state index in [-0.39, 0.29) is 6.04 Å². The van der Waals surface area contributed by atoms with Crippen molar-refractivity contribution in [2.45, 2.75) is 19.9 Å². The van der Waals surface area contributed by atoms with Crippen LogP contribution >= 0.6 is 0 Å². The maximum atomic E-state index is 6.10. The highest BCUT2D eigenvalue weighted by molar-refractivity contribution is 5.28. The van der Waals surface area contributed by atoms with Crippen molar-refractivity contribution in [3.63, 3.8) is 0 Å². The number of nitrogens with zero attached hydrogens (tertiary/aromatic N) is 3. The number of hydrogen-bond acceptors (Lipinski definition) is 3. The van der Waals surface area contributed by atoms with E-state index in [4.69, 9.17) is 5.73 Å². The van der Waals surface area contributed by atoms with Crippen LogP contribution in [0.2, 0.25) is 0 Å². The summed E-state index contributed by atoms with van der Waals surface area (Å²) < 4.78 is 1.95. The SMILES string of the molecule is CC(C)C(N)c1cncn1-c1cn[nH]c1. The summed E-state index contributed by atoms with van der Waals surface area (Å²) in [5.41, 5.74) is 8.06. The van der Waals surface area contributed by atoms with Gasteiger partial charge in [0.2, 0.25) is 0 Å². The summed E-state index contributed by atoms with van der Waals surface area (Å²) in [5.74, 6) is 0.382. The third-order valence-corrected chi connectivity index (χ3v) is 2.49. The van der Waals surface area contributed by atoms with Crippen LogP contribution in [-0.4, -0.2) is 19.7 Å². The van der Waals surface area contributed by atoms with Crippen molar-refractivity contribution in [3.8, 4) is 5.69 Å². The lowest BCUT2D eigenvalue weighted by atomic mass is 10.0. The Labute approximate surface area is 88.3 Å². The average molecular weight is 205 g/mol. The molecular formula is C10H15N5. The Hall–Kier alpha value is -1.62. The van der Waals surface area contributed by atoms with Crippen LogP contribution in [0.5, 0.6) is 0 Å². The van der Waals surface area contributed by atoms with Crippen molar-refractivity contribution in [3.05, 3.63) is 30.6 Å². The largest absolute Gasteiger partial charge is 0.322 e. The Morgan fingerprint density at radius 2 is 2.20 bits per heavy atom. The predicted octanol–water partition coefficient (Wildman–Crippen LogP) is 1.25. The van der Waals surface area contributed by atoms with E-state index in [1.54, 1.807) is 18.7 Å². The second-order valence-electron chi connectivity index (χ2n) is 3.91. The second kappa shape index (κ2) is 3.86. The van der Waals surface area contributed by atoms with Crippen molar-refractivity contribution in [2.75, 3.05) is 0 Å². The number of nitrogens with one attached hydrogen (secondary N) is 1. The van der Waals surface area contributed by atoms with Crippen molar-refractivity contribution < 1.29 is 0 Å². The topological polar surface area (TPSA) is 72.5 Å². The fourth-order valence-electron chi connectivity index (χ4n) is 1.48. The van der Waals surface area contributed by atoms with Gasteiger partial charge < -0.3 is 5.73 Å². The van der Waals surface area contributed by atoms with Gasteiger partial charge in [0.25, 0.3) is 0 Å². The third kappa shape index (κ3) is 1.78. The van der Waals surface area contributed by atoms with Gasteiger partial charge in [0.15, 0.2) is 0 Å². The standard InChI is InChI=1S/C10H15N5/c1-7(2)10(11)9-5-12-6-15(9)8-3-13-14-4-8/h3-7,10H,11H2,1-2H3,(H,13,14). The summed E-state index contributed by atoms with van der Waals surface area (Å²) in [7, 11) is 0. The number of aromatic nitrogens is 4. The van der Waals surface area contributed by atoms with E-state index in [0.717, 1.165) is 11.4 Å². The molecule has 0 aliphatic carbocycles. The van der Waals surface area contributed by atoms with Crippen LogP contribution in [0.3, 0.4) is 0 Å². The maximum absolute atomic E-state index is 6.10. The summed E-state index contributed by atoms with van der Waals surface area (Å²) in [6, 6.07) is -0.0117. The molecule has 2 rings (SSSR count). The summed E-state index contributed by atoms with van der Waals surface area (Å²) in [5, 5.41) is 6.68. The summed E-state index contributed by atoms with van der Waals surface area (Å²) in [4.78, 5) is 4.12. The molecule has 0 saturated heterocycles. The first kappa shape index (κ1) is 9.92. The van der Waals surface area contributed by atoms with Gasteiger partial charge in [-0.1, -0.05) is 13.8 Å². The first-order valence-electron chi connectivity index (χ1n) is 4.97. The van der Waals surface area contributed by atoms with Gasteiger partial charge in [0, 0.05) is 12.2 Å². The minimum absolute atomic E-state index is 0.0117. The smallest absolute Gasteiger partial charge is 0.0995 e. The Balaban J connectivity index is 2.38. The molecule has 0 saturated carbocycles. The van der Waals surface area contributed by atoms with Crippen molar-refractivity contribution in [2.24, 2.45) is 11.7 Å². The Morgan fingerprint density at radius 1 is 1.40 bits per heavy atom. The summed E-state index contributed by atoms with van der Waals surface area (Å²) in [6.07, 6.45) is 7.12. The number of imidazole rings is 1. The molecule has 0 aliphatic rings. The first-order chi connectivity index (χ1) is 7.20. The highest BCUT2D eigenvalue weighted by atomic mass is 15.2. The molecule has 0 radical (unpaired) electrons. The first-order valence-corrected chi connectivity index (χ1v) is 4.97. The molecule has 15 heavy (non-hydrogen) atoms. The molecule has 2 heterocycles. The molecule has 0 aromatic carbocycles. The van der Waals surface area contributed by atoms with Crippen LogP contribution in [-0.2, 0) is 0 Å². The van der Waals surface area contributed by atoms with E-state index in [1.807, 2.05) is 10.8 Å². The lowest BCUT2D eigenvalue weighted by Crippen LogP contribution is -2.19. The van der Waals surface area contributed by atoms with Crippen LogP contribution < -0.4 is 5.73 Å². The quantitative estimate of drug-likeness (QED) is 0.792. The Morgan fingerprint density at radius 3 is 2.80 bits per heavy atom. The maximum Gasteiger partial charge on any atom is 0.0995 e. The number of H-pyrrole nitrogens is 1. The number of nitrogens with two attached hydrogens (primary N) is 1. The zero-order chi connectivity index (χ0) is 10.8. The molecule has 80 valence electrons. The Kier molecular flexibility index (Phi) is 2.55. The van der Waals surface area contributed by atoms with E-state index < -0.39 is 0 Å². The lowest BCUT2D eigenvalue weighted by molar-refractivity contribution is 0.497. The molecule has 2 aromatic rings.